The first-order valence-corrected chi connectivity index (χ1v) is 4.91. The molecule has 0 radical (unpaired) electrons. The number of benzene rings is 1. The smallest absolute Gasteiger partial charge is 0.186 e. The van der Waals surface area contributed by atoms with Gasteiger partial charge in [0.15, 0.2) is 0 Å². The number of hydrogen-bond donors (Lipinski definition) is 2. The van der Waals surface area contributed by atoms with Gasteiger partial charge in [-0.25, -0.2) is 0 Å². The lowest BCUT2D eigenvalue weighted by Gasteiger charge is -2.11. The summed E-state index contributed by atoms with van der Waals surface area (Å²) in [5.41, 5.74) is 8.59. The molecular weight excluding hydrogens is 174 g/mol. The first-order chi connectivity index (χ1) is 6.61. The normalized spacial score (nSPS) is 12.8. The van der Waals surface area contributed by atoms with E-state index in [0.29, 0.717) is 5.92 Å². The standard InChI is InChI=1S/C11H18N3/c1-9(2)8-11(14(12)13)10-6-4-3-5-7-10/h3-7,9,11H,8H2,1-2H3,(H3,12,13)/q+1/t11-/m0/s1. The van der Waals surface area contributed by atoms with Crippen molar-refractivity contribution in [3.8, 4) is 0 Å². The van der Waals surface area contributed by atoms with Gasteiger partial charge in [-0.15, -0.1) is 0 Å². The highest BCUT2D eigenvalue weighted by atomic mass is 15.4. The molecule has 3 heteroatoms. The summed E-state index contributed by atoms with van der Waals surface area (Å²) in [6.07, 6.45) is 0.907. The van der Waals surface area contributed by atoms with Gasteiger partial charge in [-0.1, -0.05) is 44.2 Å². The lowest BCUT2D eigenvalue weighted by atomic mass is 9.97. The molecule has 0 aliphatic rings. The molecule has 0 heterocycles. The fourth-order valence-corrected chi connectivity index (χ4v) is 1.53. The summed E-state index contributed by atoms with van der Waals surface area (Å²) in [6, 6.07) is 9.96. The van der Waals surface area contributed by atoms with Gasteiger partial charge in [-0.2, -0.15) is 5.84 Å². The molecule has 0 spiro atoms. The van der Waals surface area contributed by atoms with E-state index >= 15 is 0 Å². The summed E-state index contributed by atoms with van der Waals surface area (Å²) in [6.45, 7) is 4.28. The maximum absolute atomic E-state index is 7.48. The van der Waals surface area contributed by atoms with E-state index in [9.17, 15) is 0 Å². The van der Waals surface area contributed by atoms with E-state index < -0.39 is 0 Å². The van der Waals surface area contributed by atoms with Crippen molar-refractivity contribution in [1.29, 1.82) is 5.53 Å². The van der Waals surface area contributed by atoms with Crippen molar-refractivity contribution >= 4 is 0 Å². The molecule has 0 bridgehead atoms. The number of nitrogens with two attached hydrogens (primary N) is 1. The molecule has 0 saturated carbocycles. The van der Waals surface area contributed by atoms with Gasteiger partial charge in [0.05, 0.1) is 0 Å². The fraction of sp³-hybridized carbons (Fsp3) is 0.455. The molecule has 0 saturated heterocycles. The summed E-state index contributed by atoms with van der Waals surface area (Å²) >= 11 is 0. The van der Waals surface area contributed by atoms with Gasteiger partial charge >= 0.3 is 0 Å². The highest BCUT2D eigenvalue weighted by Crippen LogP contribution is 2.22. The van der Waals surface area contributed by atoms with E-state index in [1.807, 2.05) is 30.3 Å². The quantitative estimate of drug-likeness (QED) is 0.328. The lowest BCUT2D eigenvalue weighted by Crippen LogP contribution is -2.23. The number of hydrogen-bond acceptors (Lipinski definition) is 1. The third kappa shape index (κ3) is 2.83. The topological polar surface area (TPSA) is 52.9 Å². The summed E-state index contributed by atoms with van der Waals surface area (Å²) in [5.74, 6) is 6.06. The van der Waals surface area contributed by atoms with E-state index in [1.165, 1.54) is 0 Å². The van der Waals surface area contributed by atoms with Crippen molar-refractivity contribution in [1.82, 2.24) is 0 Å². The van der Waals surface area contributed by atoms with Crippen LogP contribution < -0.4 is 5.84 Å². The van der Waals surface area contributed by atoms with Crippen LogP contribution in [0.4, 0.5) is 0 Å². The molecule has 76 valence electrons. The first-order valence-electron chi connectivity index (χ1n) is 4.91. The Morgan fingerprint density at radius 1 is 1.29 bits per heavy atom. The van der Waals surface area contributed by atoms with Crippen LogP contribution in [0.5, 0.6) is 0 Å². The molecule has 0 aromatic heterocycles. The molecule has 0 fully saturated rings. The molecule has 3 N–H and O–H groups in total. The molecule has 1 aromatic rings. The van der Waals surface area contributed by atoms with Crippen molar-refractivity contribution in [2.75, 3.05) is 0 Å². The van der Waals surface area contributed by atoms with E-state index in [1.54, 1.807) is 0 Å². The fourth-order valence-electron chi connectivity index (χ4n) is 1.53. The minimum Gasteiger partial charge on any atom is -0.186 e. The van der Waals surface area contributed by atoms with E-state index in [-0.39, 0.29) is 6.04 Å². The van der Waals surface area contributed by atoms with Crippen LogP contribution in [-0.2, 0) is 0 Å². The van der Waals surface area contributed by atoms with Gasteiger partial charge in [-0.05, 0) is 16.3 Å². The second kappa shape index (κ2) is 4.74. The monoisotopic (exact) mass is 192 g/mol. The molecule has 0 aliphatic carbocycles. The molecule has 14 heavy (non-hydrogen) atoms. The highest BCUT2D eigenvalue weighted by molar-refractivity contribution is 5.17. The van der Waals surface area contributed by atoms with Crippen LogP contribution in [0.3, 0.4) is 0 Å². The summed E-state index contributed by atoms with van der Waals surface area (Å²) in [4.78, 5) is 1.05. The van der Waals surface area contributed by atoms with Gasteiger partial charge in [0.1, 0.15) is 0 Å². The van der Waals surface area contributed by atoms with E-state index in [2.05, 4.69) is 13.8 Å². The Hall–Kier alpha value is -1.38. The lowest BCUT2D eigenvalue weighted by molar-refractivity contribution is -0.667. The average Bonchev–Trinajstić information content (AvgIpc) is 2.15. The zero-order valence-corrected chi connectivity index (χ0v) is 8.77. The average molecular weight is 192 g/mol. The molecule has 0 aliphatic heterocycles. The van der Waals surface area contributed by atoms with Crippen LogP contribution in [0.25, 0.3) is 0 Å². The summed E-state index contributed by atoms with van der Waals surface area (Å²) in [7, 11) is 0. The van der Waals surface area contributed by atoms with Crippen molar-refractivity contribution in [3.63, 3.8) is 0 Å². The van der Waals surface area contributed by atoms with E-state index in [4.69, 9.17) is 11.4 Å². The predicted octanol–water partition coefficient (Wildman–Crippen LogP) is 2.69. The number of nitrogens with zero attached hydrogens (tertiary/aromatic N) is 1. The van der Waals surface area contributed by atoms with Gasteiger partial charge < -0.3 is 0 Å². The van der Waals surface area contributed by atoms with Gasteiger partial charge in [0.25, 0.3) is 0 Å². The second-order valence-corrected chi connectivity index (χ2v) is 3.96. The Balaban J connectivity index is 2.84. The van der Waals surface area contributed by atoms with Crippen LogP contribution >= 0.6 is 0 Å². The number of hydrazine groups is 1. The van der Waals surface area contributed by atoms with Gasteiger partial charge in [0.2, 0.25) is 6.04 Å². The Kier molecular flexibility index (Phi) is 3.63. The van der Waals surface area contributed by atoms with Crippen LogP contribution in [0, 0.1) is 11.4 Å². The molecule has 1 atom stereocenters. The maximum Gasteiger partial charge on any atom is 0.233 e. The second-order valence-electron chi connectivity index (χ2n) is 3.96. The third-order valence-electron chi connectivity index (χ3n) is 2.21. The predicted molar refractivity (Wildman–Crippen MR) is 55.8 cm³/mol. The molecular formula is C11H18N3+. The molecule has 0 amide bonds. The Labute approximate surface area is 85.0 Å². The zero-order chi connectivity index (χ0) is 10.6. The highest BCUT2D eigenvalue weighted by Gasteiger charge is 2.22. The molecule has 1 rings (SSSR count). The molecule has 0 unspecified atom stereocenters. The largest absolute Gasteiger partial charge is 0.233 e. The van der Waals surface area contributed by atoms with Crippen molar-refractivity contribution in [2.24, 2.45) is 11.8 Å². The molecule has 3 nitrogen and oxygen atoms in total. The van der Waals surface area contributed by atoms with Crippen LogP contribution in [0.2, 0.25) is 0 Å². The summed E-state index contributed by atoms with van der Waals surface area (Å²) < 4.78 is 0. The Morgan fingerprint density at radius 2 is 1.86 bits per heavy atom. The van der Waals surface area contributed by atoms with Crippen LogP contribution in [-0.4, -0.2) is 4.81 Å². The maximum atomic E-state index is 7.48. The zero-order valence-electron chi connectivity index (χ0n) is 8.77. The first kappa shape index (κ1) is 10.7. The van der Waals surface area contributed by atoms with E-state index in [0.717, 1.165) is 16.8 Å². The van der Waals surface area contributed by atoms with Crippen LogP contribution in [0.15, 0.2) is 30.3 Å². The number of nitrogens with one attached hydrogen (secondary N) is 1. The van der Waals surface area contributed by atoms with Crippen molar-refractivity contribution < 1.29 is 4.81 Å². The third-order valence-corrected chi connectivity index (χ3v) is 2.21. The van der Waals surface area contributed by atoms with Crippen molar-refractivity contribution in [3.05, 3.63) is 35.9 Å². The molecule has 1 aromatic carbocycles. The Bertz CT molecular complexity index is 293. The minimum atomic E-state index is -0.00352. The Morgan fingerprint density at radius 3 is 2.29 bits per heavy atom. The van der Waals surface area contributed by atoms with Gasteiger partial charge in [-0.3, -0.25) is 0 Å². The van der Waals surface area contributed by atoms with Crippen LogP contribution in [0.1, 0.15) is 31.9 Å². The van der Waals surface area contributed by atoms with Crippen molar-refractivity contribution in [2.45, 2.75) is 26.3 Å². The minimum absolute atomic E-state index is 0.00352. The van der Waals surface area contributed by atoms with Gasteiger partial charge in [0, 0.05) is 12.0 Å². The number of rotatable bonds is 4. The summed E-state index contributed by atoms with van der Waals surface area (Å²) in [5, 5.41) is 0. The SMILES string of the molecule is CC(C)C[C@@H](c1ccccc1)[N+](=N)N.